The normalized spacial score (nSPS) is 15.0. The number of rotatable bonds is 7. The Kier molecular flexibility index (Phi) is 11.3. The van der Waals surface area contributed by atoms with E-state index in [0.717, 1.165) is 22.7 Å². The Morgan fingerprint density at radius 3 is 2.52 bits per heavy atom. The molecular weight excluding hydrogens is 539 g/mol. The van der Waals surface area contributed by atoms with Crippen LogP contribution in [-0.4, -0.2) is 48.6 Å². The van der Waals surface area contributed by atoms with Crippen LogP contribution in [0.5, 0.6) is 5.75 Å². The Bertz CT molecular complexity index is 1460. The van der Waals surface area contributed by atoms with Crippen molar-refractivity contribution >= 4 is 52.5 Å². The summed E-state index contributed by atoms with van der Waals surface area (Å²) in [7, 11) is 5.16. The summed E-state index contributed by atoms with van der Waals surface area (Å²) in [5.74, 6) is 0.578. The fourth-order valence-corrected chi connectivity index (χ4v) is 5.04. The summed E-state index contributed by atoms with van der Waals surface area (Å²) >= 11 is 5.65. The highest BCUT2D eigenvalue weighted by molar-refractivity contribution is 8.18. The minimum absolute atomic E-state index is 0.156. The van der Waals surface area contributed by atoms with Crippen molar-refractivity contribution in [3.05, 3.63) is 106 Å². The quantitative estimate of drug-likeness (QED) is 0.238. The number of hydrogen-bond donors (Lipinski definition) is 2. The molecule has 9 heteroatoms. The number of nitriles is 1. The number of thiol groups is 1. The molecule has 1 N–H and O–H groups in total. The molecule has 206 valence electrons. The second-order valence-corrected chi connectivity index (χ2v) is 10.0. The highest BCUT2D eigenvalue weighted by atomic mass is 32.2. The van der Waals surface area contributed by atoms with Crippen molar-refractivity contribution < 1.29 is 9.53 Å². The lowest BCUT2D eigenvalue weighted by Gasteiger charge is -2.19. The molecule has 0 spiro atoms. The van der Waals surface area contributed by atoms with E-state index < -0.39 is 0 Å². The smallest absolute Gasteiger partial charge is 0.267 e. The molecule has 1 fully saturated rings. The number of aliphatic imine (C=N–C) groups is 1. The number of carbonyl (C=O) groups excluding carboxylic acids is 1. The first-order chi connectivity index (χ1) is 19.3. The maximum absolute atomic E-state index is 12.9. The highest BCUT2D eigenvalue weighted by Crippen LogP contribution is 2.35. The lowest BCUT2D eigenvalue weighted by molar-refractivity contribution is -0.121. The summed E-state index contributed by atoms with van der Waals surface area (Å²) < 4.78 is 5.32. The third-order valence-electron chi connectivity index (χ3n) is 5.83. The zero-order chi connectivity index (χ0) is 29.1. The number of nitrogens with zero attached hydrogens (tertiary/aromatic N) is 4. The van der Waals surface area contributed by atoms with Gasteiger partial charge < -0.3 is 15.0 Å². The summed E-state index contributed by atoms with van der Waals surface area (Å²) in [5.41, 5.74) is 4.96. The van der Waals surface area contributed by atoms with Crippen LogP contribution in [0.15, 0.2) is 94.3 Å². The highest BCUT2D eigenvalue weighted by Gasteiger charge is 2.31. The molecule has 0 unspecified atom stereocenters. The molecule has 1 aliphatic rings. The van der Waals surface area contributed by atoms with E-state index in [1.54, 1.807) is 37.9 Å². The van der Waals surface area contributed by atoms with Crippen molar-refractivity contribution in [3.8, 4) is 11.8 Å². The number of aryl methyl sites for hydroxylation is 1. The Morgan fingerprint density at radius 1 is 1.18 bits per heavy atom. The van der Waals surface area contributed by atoms with Gasteiger partial charge in [0.1, 0.15) is 5.75 Å². The first-order valence-corrected chi connectivity index (χ1v) is 13.9. The van der Waals surface area contributed by atoms with Gasteiger partial charge in [0.15, 0.2) is 5.17 Å². The lowest BCUT2D eigenvalue weighted by Crippen LogP contribution is -2.24. The zero-order valence-corrected chi connectivity index (χ0v) is 25.0. The molecule has 0 atom stereocenters. The maximum atomic E-state index is 12.9. The van der Waals surface area contributed by atoms with E-state index >= 15 is 0 Å². The summed E-state index contributed by atoms with van der Waals surface area (Å²) in [6, 6.07) is 25.3. The van der Waals surface area contributed by atoms with Crippen LogP contribution in [0.25, 0.3) is 5.70 Å². The van der Waals surface area contributed by atoms with Crippen molar-refractivity contribution in [1.82, 2.24) is 9.80 Å². The summed E-state index contributed by atoms with van der Waals surface area (Å²) in [5, 5.41) is 14.7. The second-order valence-electron chi connectivity index (χ2n) is 8.74. The Hall–Kier alpha value is -4.13. The molecule has 0 aromatic heterocycles. The number of amidine groups is 1. The van der Waals surface area contributed by atoms with Crippen molar-refractivity contribution in [2.45, 2.75) is 13.8 Å². The van der Waals surface area contributed by atoms with E-state index in [0.29, 0.717) is 27.9 Å². The first kappa shape index (κ1) is 30.4. The molecule has 1 aliphatic heterocycles. The van der Waals surface area contributed by atoms with E-state index in [4.69, 9.17) is 4.74 Å². The van der Waals surface area contributed by atoms with Crippen LogP contribution in [0.4, 0.5) is 11.4 Å². The van der Waals surface area contributed by atoms with Gasteiger partial charge in [-0.1, -0.05) is 48.0 Å². The molecule has 7 nitrogen and oxygen atoms in total. The van der Waals surface area contributed by atoms with Crippen LogP contribution in [0.1, 0.15) is 23.6 Å². The van der Waals surface area contributed by atoms with Crippen LogP contribution in [0, 0.1) is 18.3 Å². The van der Waals surface area contributed by atoms with E-state index in [1.807, 2.05) is 67.4 Å². The number of methoxy groups -OCH3 is 1. The zero-order valence-electron chi connectivity index (χ0n) is 23.3. The number of benzene rings is 3. The van der Waals surface area contributed by atoms with Gasteiger partial charge in [0.05, 0.1) is 40.7 Å². The van der Waals surface area contributed by atoms with Gasteiger partial charge in [0.25, 0.3) is 5.91 Å². The van der Waals surface area contributed by atoms with E-state index in [1.165, 1.54) is 22.2 Å². The molecule has 1 amide bonds. The molecule has 0 aliphatic carbocycles. The number of nitrogens with one attached hydrogen (secondary N) is 1. The second kappa shape index (κ2) is 14.9. The molecule has 0 bridgehead atoms. The fraction of sp³-hybridized carbons (Fsp3) is 0.194. The predicted molar refractivity (Wildman–Crippen MR) is 170 cm³/mol. The van der Waals surface area contributed by atoms with Crippen LogP contribution in [0.3, 0.4) is 0 Å². The number of hydrogen-bond acceptors (Lipinski definition) is 8. The molecule has 0 radical (unpaired) electrons. The van der Waals surface area contributed by atoms with Gasteiger partial charge in [0, 0.05) is 32.4 Å². The lowest BCUT2D eigenvalue weighted by atomic mass is 10.1. The van der Waals surface area contributed by atoms with Crippen LogP contribution in [0.2, 0.25) is 0 Å². The SMILES string of the molecule is CCNc1ccc(C#N)cc1N=C1S/C(=C/N(C)/C(=C\S)c2cccc(OC)c2)C(=O)N1C.Cc1ccccc1. The Morgan fingerprint density at radius 2 is 1.93 bits per heavy atom. The van der Waals surface area contributed by atoms with E-state index in [2.05, 4.69) is 48.1 Å². The number of thioether (sulfide) groups is 1. The fourth-order valence-electron chi connectivity index (χ4n) is 3.71. The number of anilines is 1. The molecule has 1 saturated heterocycles. The van der Waals surface area contributed by atoms with Gasteiger partial charge in [0.2, 0.25) is 0 Å². The van der Waals surface area contributed by atoms with Crippen LogP contribution in [-0.2, 0) is 4.79 Å². The van der Waals surface area contributed by atoms with Crippen molar-refractivity contribution in [2.24, 2.45) is 4.99 Å². The van der Waals surface area contributed by atoms with Crippen molar-refractivity contribution in [2.75, 3.05) is 33.1 Å². The maximum Gasteiger partial charge on any atom is 0.267 e. The molecule has 0 saturated carbocycles. The van der Waals surface area contributed by atoms with Gasteiger partial charge >= 0.3 is 0 Å². The molecule has 3 aromatic carbocycles. The molecule has 40 heavy (non-hydrogen) atoms. The minimum atomic E-state index is -0.156. The van der Waals surface area contributed by atoms with E-state index in [-0.39, 0.29) is 5.91 Å². The monoisotopic (exact) mass is 571 g/mol. The first-order valence-electron chi connectivity index (χ1n) is 12.6. The van der Waals surface area contributed by atoms with Crippen molar-refractivity contribution in [1.29, 1.82) is 5.26 Å². The largest absolute Gasteiger partial charge is 0.497 e. The summed E-state index contributed by atoms with van der Waals surface area (Å²) in [6.45, 7) is 4.78. The predicted octanol–water partition coefficient (Wildman–Crippen LogP) is 6.89. The number of likely N-dealkylation sites (N-methyl/N-ethyl adjacent to an activating group) is 1. The number of carbonyl (C=O) groups is 1. The van der Waals surface area contributed by atoms with Gasteiger partial charge in [-0.2, -0.15) is 5.26 Å². The number of ether oxygens (including phenoxy) is 1. The van der Waals surface area contributed by atoms with Crippen LogP contribution >= 0.6 is 24.4 Å². The average molecular weight is 572 g/mol. The topological polar surface area (TPSA) is 81.0 Å². The Balaban J connectivity index is 0.000000547. The van der Waals surface area contributed by atoms with Gasteiger partial charge in [-0.25, -0.2) is 4.99 Å². The van der Waals surface area contributed by atoms with Crippen LogP contribution < -0.4 is 10.1 Å². The van der Waals surface area contributed by atoms with Gasteiger partial charge in [-0.3, -0.25) is 9.69 Å². The summed E-state index contributed by atoms with van der Waals surface area (Å²) in [6.07, 6.45) is 1.77. The average Bonchev–Trinajstić information content (AvgIpc) is 3.22. The van der Waals surface area contributed by atoms with E-state index in [9.17, 15) is 10.1 Å². The van der Waals surface area contributed by atoms with Gasteiger partial charge in [-0.05, 0) is 61.3 Å². The number of amides is 1. The van der Waals surface area contributed by atoms with Crippen molar-refractivity contribution in [3.63, 3.8) is 0 Å². The third kappa shape index (κ3) is 7.94. The Labute approximate surface area is 246 Å². The van der Waals surface area contributed by atoms with Gasteiger partial charge in [-0.15, -0.1) is 12.6 Å². The standard InChI is InChI=1S/C24H25N5O2S2.C7H8/c1-5-26-19-10-9-16(13-25)11-20(19)27-24-29(3)23(30)22(33-24)14-28(2)21(15-32)17-7-6-8-18(12-17)31-4;1-7-5-3-2-4-6-7/h6-12,14-15,26,32H,5H2,1-4H3;2-6H,1H3/b21-15-,22-14+,27-24?;. The molecule has 3 aromatic rings. The minimum Gasteiger partial charge on any atom is -0.497 e. The molecular formula is C31H33N5O2S2. The molecule has 1 heterocycles. The third-order valence-corrected chi connectivity index (χ3v) is 7.13. The summed E-state index contributed by atoms with van der Waals surface area (Å²) in [4.78, 5) is 21.5. The molecule has 4 rings (SSSR count).